The molecule has 0 saturated heterocycles. The van der Waals surface area contributed by atoms with E-state index in [0.717, 1.165) is 11.3 Å². The van der Waals surface area contributed by atoms with E-state index in [1.807, 2.05) is 24.3 Å². The van der Waals surface area contributed by atoms with Crippen molar-refractivity contribution in [2.24, 2.45) is 0 Å². The first-order chi connectivity index (χ1) is 9.58. The summed E-state index contributed by atoms with van der Waals surface area (Å²) in [6.07, 6.45) is 1.44. The van der Waals surface area contributed by atoms with Crippen LogP contribution >= 0.6 is 23.4 Å². The van der Waals surface area contributed by atoms with Crippen molar-refractivity contribution in [3.8, 4) is 0 Å². The molecule has 0 aliphatic rings. The molecule has 1 amide bonds. The second-order valence-electron chi connectivity index (χ2n) is 4.32. The van der Waals surface area contributed by atoms with Crippen molar-refractivity contribution in [3.05, 3.63) is 34.9 Å². The molecule has 0 saturated carbocycles. The van der Waals surface area contributed by atoms with Gasteiger partial charge in [-0.05, 0) is 30.5 Å². The molecule has 0 aliphatic carbocycles. The van der Waals surface area contributed by atoms with Crippen LogP contribution in [0, 0.1) is 0 Å². The molecule has 0 spiro atoms. The summed E-state index contributed by atoms with van der Waals surface area (Å²) in [6, 6.07) is 7.55. The predicted octanol–water partition coefficient (Wildman–Crippen LogP) is 2.94. The lowest BCUT2D eigenvalue weighted by atomic mass is 10.2. The molecular formula is C14H18ClNO3S. The van der Waals surface area contributed by atoms with Crippen LogP contribution < -0.4 is 5.32 Å². The number of halogens is 1. The number of thioether (sulfide) groups is 1. The Labute approximate surface area is 127 Å². The zero-order valence-electron chi connectivity index (χ0n) is 11.1. The molecule has 1 aromatic carbocycles. The molecule has 1 rings (SSSR count). The Morgan fingerprint density at radius 1 is 1.20 bits per heavy atom. The standard InChI is InChI=1S/C14H18ClNO3S/c15-12-6-4-11(5-7-12)9-20-10-13(17)16-8-2-1-3-14(18)19/h4-7H,1-3,8-10H2,(H,16,17)(H,18,19). The van der Waals surface area contributed by atoms with E-state index in [1.165, 1.54) is 11.8 Å². The van der Waals surface area contributed by atoms with Crippen LogP contribution in [0.5, 0.6) is 0 Å². The van der Waals surface area contributed by atoms with Gasteiger partial charge in [0.05, 0.1) is 5.75 Å². The number of aliphatic carboxylic acids is 1. The highest BCUT2D eigenvalue weighted by atomic mass is 35.5. The number of carbonyl (C=O) groups is 2. The van der Waals surface area contributed by atoms with Crippen LogP contribution in [0.25, 0.3) is 0 Å². The van der Waals surface area contributed by atoms with E-state index in [4.69, 9.17) is 16.7 Å². The maximum atomic E-state index is 11.5. The number of hydrogen-bond acceptors (Lipinski definition) is 3. The Hall–Kier alpha value is -1.20. The molecule has 110 valence electrons. The first-order valence-corrected chi connectivity index (χ1v) is 7.92. The van der Waals surface area contributed by atoms with E-state index in [-0.39, 0.29) is 12.3 Å². The first kappa shape index (κ1) is 16.9. The summed E-state index contributed by atoms with van der Waals surface area (Å²) in [5.41, 5.74) is 1.13. The molecule has 0 aromatic heterocycles. The van der Waals surface area contributed by atoms with Crippen LogP contribution in [0.15, 0.2) is 24.3 Å². The Balaban J connectivity index is 2.05. The lowest BCUT2D eigenvalue weighted by Gasteiger charge is -2.05. The topological polar surface area (TPSA) is 66.4 Å². The Bertz CT molecular complexity index is 437. The number of nitrogens with one attached hydrogen (secondary N) is 1. The third-order valence-corrected chi connectivity index (χ3v) is 3.81. The van der Waals surface area contributed by atoms with Gasteiger partial charge in [0.1, 0.15) is 0 Å². The molecule has 4 nitrogen and oxygen atoms in total. The molecule has 1 aromatic rings. The second-order valence-corrected chi connectivity index (χ2v) is 5.74. The molecule has 2 N–H and O–H groups in total. The van der Waals surface area contributed by atoms with E-state index < -0.39 is 5.97 Å². The van der Waals surface area contributed by atoms with E-state index in [2.05, 4.69) is 5.32 Å². The van der Waals surface area contributed by atoms with Gasteiger partial charge in [0.15, 0.2) is 0 Å². The van der Waals surface area contributed by atoms with Crippen molar-refractivity contribution >= 4 is 35.2 Å². The summed E-state index contributed by atoms with van der Waals surface area (Å²) >= 11 is 7.33. The summed E-state index contributed by atoms with van der Waals surface area (Å²) in [7, 11) is 0. The fourth-order valence-electron chi connectivity index (χ4n) is 1.52. The van der Waals surface area contributed by atoms with Gasteiger partial charge in [0, 0.05) is 23.7 Å². The van der Waals surface area contributed by atoms with E-state index in [9.17, 15) is 9.59 Å². The summed E-state index contributed by atoms with van der Waals surface area (Å²) in [5.74, 6) is 0.361. The number of hydrogen-bond donors (Lipinski definition) is 2. The van der Waals surface area contributed by atoms with Crippen LogP contribution in [-0.4, -0.2) is 29.3 Å². The molecule has 0 heterocycles. The SMILES string of the molecule is O=C(O)CCCCNC(=O)CSCc1ccc(Cl)cc1. The van der Waals surface area contributed by atoms with E-state index >= 15 is 0 Å². The van der Waals surface area contributed by atoms with Crippen molar-refractivity contribution in [1.29, 1.82) is 0 Å². The molecular weight excluding hydrogens is 298 g/mol. The quantitative estimate of drug-likeness (QED) is 0.688. The Morgan fingerprint density at radius 3 is 2.55 bits per heavy atom. The van der Waals surface area contributed by atoms with E-state index in [0.29, 0.717) is 30.2 Å². The average molecular weight is 316 g/mol. The number of amides is 1. The molecule has 20 heavy (non-hydrogen) atoms. The highest BCUT2D eigenvalue weighted by Crippen LogP contribution is 2.15. The maximum Gasteiger partial charge on any atom is 0.303 e. The van der Waals surface area contributed by atoms with Crippen molar-refractivity contribution in [1.82, 2.24) is 5.32 Å². The van der Waals surface area contributed by atoms with Gasteiger partial charge in [0.2, 0.25) is 5.91 Å². The van der Waals surface area contributed by atoms with Gasteiger partial charge in [-0.15, -0.1) is 11.8 Å². The number of carboxylic acid groups (broad SMARTS) is 1. The number of rotatable bonds is 9. The van der Waals surface area contributed by atoms with Crippen molar-refractivity contribution in [2.75, 3.05) is 12.3 Å². The van der Waals surface area contributed by atoms with Gasteiger partial charge >= 0.3 is 5.97 Å². The summed E-state index contributed by atoms with van der Waals surface area (Å²) in [6.45, 7) is 0.535. The van der Waals surface area contributed by atoms with Crippen molar-refractivity contribution in [3.63, 3.8) is 0 Å². The molecule has 0 radical (unpaired) electrons. The molecule has 6 heteroatoms. The number of unbranched alkanes of at least 4 members (excludes halogenated alkanes) is 1. The van der Waals surface area contributed by atoms with Crippen LogP contribution in [-0.2, 0) is 15.3 Å². The summed E-state index contributed by atoms with van der Waals surface area (Å²) in [5, 5.41) is 11.9. The molecule has 0 fully saturated rings. The van der Waals surface area contributed by atoms with Crippen molar-refractivity contribution < 1.29 is 14.7 Å². The van der Waals surface area contributed by atoms with Crippen LogP contribution in [0.1, 0.15) is 24.8 Å². The largest absolute Gasteiger partial charge is 0.481 e. The monoisotopic (exact) mass is 315 g/mol. The normalized spacial score (nSPS) is 10.2. The number of benzene rings is 1. The van der Waals surface area contributed by atoms with Gasteiger partial charge < -0.3 is 10.4 Å². The van der Waals surface area contributed by atoms with Crippen LogP contribution in [0.2, 0.25) is 5.02 Å². The second kappa shape index (κ2) is 9.66. The Kier molecular flexibility index (Phi) is 8.14. The van der Waals surface area contributed by atoms with Crippen LogP contribution in [0.3, 0.4) is 0 Å². The fraction of sp³-hybridized carbons (Fsp3) is 0.429. The van der Waals surface area contributed by atoms with E-state index in [1.54, 1.807) is 0 Å². The third kappa shape index (κ3) is 8.07. The highest BCUT2D eigenvalue weighted by molar-refractivity contribution is 7.99. The number of carboxylic acids is 1. The average Bonchev–Trinajstić information content (AvgIpc) is 2.40. The minimum absolute atomic E-state index is 0.0145. The zero-order chi connectivity index (χ0) is 14.8. The summed E-state index contributed by atoms with van der Waals surface area (Å²) < 4.78 is 0. The minimum Gasteiger partial charge on any atom is -0.481 e. The zero-order valence-corrected chi connectivity index (χ0v) is 12.7. The molecule has 0 atom stereocenters. The maximum absolute atomic E-state index is 11.5. The lowest BCUT2D eigenvalue weighted by molar-refractivity contribution is -0.137. The minimum atomic E-state index is -0.796. The van der Waals surface area contributed by atoms with Gasteiger partial charge in [-0.2, -0.15) is 0 Å². The Morgan fingerprint density at radius 2 is 1.90 bits per heavy atom. The number of carbonyl (C=O) groups excluding carboxylic acids is 1. The van der Waals surface area contributed by atoms with Gasteiger partial charge in [0.25, 0.3) is 0 Å². The first-order valence-electron chi connectivity index (χ1n) is 6.38. The molecule has 0 bridgehead atoms. The summed E-state index contributed by atoms with van der Waals surface area (Å²) in [4.78, 5) is 21.8. The third-order valence-electron chi connectivity index (χ3n) is 2.55. The van der Waals surface area contributed by atoms with Gasteiger partial charge in [-0.3, -0.25) is 9.59 Å². The van der Waals surface area contributed by atoms with Gasteiger partial charge in [-0.1, -0.05) is 23.7 Å². The molecule has 0 unspecified atom stereocenters. The van der Waals surface area contributed by atoms with Crippen LogP contribution in [0.4, 0.5) is 0 Å². The smallest absolute Gasteiger partial charge is 0.303 e. The fourth-order valence-corrected chi connectivity index (χ4v) is 2.47. The lowest BCUT2D eigenvalue weighted by Crippen LogP contribution is -2.26. The van der Waals surface area contributed by atoms with Crippen molar-refractivity contribution in [2.45, 2.75) is 25.0 Å². The highest BCUT2D eigenvalue weighted by Gasteiger charge is 2.02. The molecule has 0 aliphatic heterocycles. The van der Waals surface area contributed by atoms with Gasteiger partial charge in [-0.25, -0.2) is 0 Å². The predicted molar refractivity (Wildman–Crippen MR) is 82.1 cm³/mol.